The van der Waals surface area contributed by atoms with E-state index in [-0.39, 0.29) is 6.04 Å². The molecule has 3 nitrogen and oxygen atoms in total. The van der Waals surface area contributed by atoms with Crippen LogP contribution < -0.4 is 9.47 Å². The van der Waals surface area contributed by atoms with Crippen molar-refractivity contribution in [3.63, 3.8) is 0 Å². The largest absolute Gasteiger partial charge is 0.493 e. The molecule has 0 fully saturated rings. The van der Waals surface area contributed by atoms with Crippen LogP contribution in [0, 0.1) is 0 Å². The van der Waals surface area contributed by atoms with Gasteiger partial charge >= 0.3 is 0 Å². The second-order valence-electron chi connectivity index (χ2n) is 7.75. The molecular formula is C26H28ClNO2. The zero-order valence-corrected chi connectivity index (χ0v) is 18.6. The maximum atomic E-state index is 6.38. The lowest BCUT2D eigenvalue weighted by Crippen LogP contribution is -2.35. The predicted molar refractivity (Wildman–Crippen MR) is 123 cm³/mol. The van der Waals surface area contributed by atoms with Crippen LogP contribution in [0.4, 0.5) is 0 Å². The van der Waals surface area contributed by atoms with Crippen LogP contribution >= 0.6 is 11.6 Å². The van der Waals surface area contributed by atoms with Crippen LogP contribution in [-0.4, -0.2) is 25.7 Å². The molecule has 4 heteroatoms. The van der Waals surface area contributed by atoms with E-state index in [0.29, 0.717) is 0 Å². The van der Waals surface area contributed by atoms with Gasteiger partial charge in [0.15, 0.2) is 11.5 Å². The Morgan fingerprint density at radius 1 is 0.933 bits per heavy atom. The second-order valence-corrected chi connectivity index (χ2v) is 8.19. The van der Waals surface area contributed by atoms with Crippen molar-refractivity contribution in [2.75, 3.05) is 20.8 Å². The maximum absolute atomic E-state index is 6.38. The molecule has 1 aliphatic heterocycles. The maximum Gasteiger partial charge on any atom is 0.161 e. The highest BCUT2D eigenvalue weighted by Crippen LogP contribution is 2.41. The van der Waals surface area contributed by atoms with Crippen LogP contribution in [0.25, 0.3) is 0 Å². The average molecular weight is 422 g/mol. The minimum absolute atomic E-state index is 0.109. The summed E-state index contributed by atoms with van der Waals surface area (Å²) in [4.78, 5) is 2.53. The molecule has 0 spiro atoms. The molecule has 0 saturated heterocycles. The Hall–Kier alpha value is -2.49. The monoisotopic (exact) mass is 421 g/mol. The average Bonchev–Trinajstić information content (AvgIpc) is 2.78. The highest BCUT2D eigenvalue weighted by Gasteiger charge is 2.30. The van der Waals surface area contributed by atoms with Gasteiger partial charge in [-0.05, 0) is 64.9 Å². The Labute approximate surface area is 184 Å². The molecule has 0 aliphatic carbocycles. The summed E-state index contributed by atoms with van der Waals surface area (Å²) < 4.78 is 11.2. The number of fused-ring (bicyclic) bond motifs is 1. The Balaban J connectivity index is 1.76. The summed E-state index contributed by atoms with van der Waals surface area (Å²) >= 11 is 6.38. The Kier molecular flexibility index (Phi) is 6.31. The third kappa shape index (κ3) is 4.19. The number of rotatable bonds is 6. The number of halogens is 1. The lowest BCUT2D eigenvalue weighted by Gasteiger charge is -2.38. The first kappa shape index (κ1) is 20.8. The van der Waals surface area contributed by atoms with E-state index < -0.39 is 0 Å². The Morgan fingerprint density at radius 3 is 2.30 bits per heavy atom. The number of benzene rings is 3. The SMILES string of the molecule is CCc1ccc(CN2CCc3cc(OC)c(OC)cc3[C@@H]2c2cccc(Cl)c2)cc1. The first-order valence-electron chi connectivity index (χ1n) is 10.4. The van der Waals surface area contributed by atoms with E-state index in [0.717, 1.165) is 42.5 Å². The van der Waals surface area contributed by atoms with Crippen molar-refractivity contribution in [2.45, 2.75) is 32.4 Å². The molecule has 0 amide bonds. The van der Waals surface area contributed by atoms with Gasteiger partial charge in [0, 0.05) is 18.1 Å². The van der Waals surface area contributed by atoms with Crippen LogP contribution in [0.15, 0.2) is 60.7 Å². The third-order valence-corrected chi connectivity index (χ3v) is 6.19. The zero-order chi connectivity index (χ0) is 21.1. The number of hydrogen-bond acceptors (Lipinski definition) is 3. The molecule has 1 aliphatic rings. The van der Waals surface area contributed by atoms with Crippen LogP contribution in [-0.2, 0) is 19.4 Å². The molecule has 0 bridgehead atoms. The van der Waals surface area contributed by atoms with Crippen molar-refractivity contribution in [1.29, 1.82) is 0 Å². The predicted octanol–water partition coefficient (Wildman–Crippen LogP) is 6.07. The fourth-order valence-electron chi connectivity index (χ4n) is 4.35. The normalized spacial score (nSPS) is 16.2. The molecule has 0 saturated carbocycles. The molecule has 0 aromatic heterocycles. The molecular weight excluding hydrogens is 394 g/mol. The summed E-state index contributed by atoms with van der Waals surface area (Å²) in [6.45, 7) is 4.04. The van der Waals surface area contributed by atoms with E-state index in [4.69, 9.17) is 21.1 Å². The first-order valence-corrected chi connectivity index (χ1v) is 10.8. The summed E-state index contributed by atoms with van der Waals surface area (Å²) in [6, 6.07) is 21.5. The van der Waals surface area contributed by atoms with Gasteiger partial charge in [0.1, 0.15) is 0 Å². The van der Waals surface area contributed by atoms with E-state index in [1.807, 2.05) is 12.1 Å². The number of hydrogen-bond donors (Lipinski definition) is 0. The van der Waals surface area contributed by atoms with E-state index in [1.54, 1.807) is 14.2 Å². The topological polar surface area (TPSA) is 21.7 Å². The van der Waals surface area contributed by atoms with Gasteiger partial charge < -0.3 is 9.47 Å². The lowest BCUT2D eigenvalue weighted by molar-refractivity contribution is 0.203. The highest BCUT2D eigenvalue weighted by atomic mass is 35.5. The first-order chi connectivity index (χ1) is 14.6. The molecule has 3 aromatic rings. The van der Waals surface area contributed by atoms with Gasteiger partial charge in [-0.15, -0.1) is 0 Å². The third-order valence-electron chi connectivity index (χ3n) is 5.95. The van der Waals surface area contributed by atoms with Crippen LogP contribution in [0.5, 0.6) is 11.5 Å². The summed E-state index contributed by atoms with van der Waals surface area (Å²) in [7, 11) is 3.38. The van der Waals surface area contributed by atoms with Gasteiger partial charge in [-0.1, -0.05) is 54.9 Å². The van der Waals surface area contributed by atoms with Gasteiger partial charge in [-0.3, -0.25) is 4.90 Å². The van der Waals surface area contributed by atoms with Gasteiger partial charge in [0.25, 0.3) is 0 Å². The summed E-state index contributed by atoms with van der Waals surface area (Å²) in [5.41, 5.74) is 6.44. The van der Waals surface area contributed by atoms with Crippen LogP contribution in [0.2, 0.25) is 5.02 Å². The molecule has 4 rings (SSSR count). The number of aryl methyl sites for hydroxylation is 1. The van der Waals surface area contributed by atoms with E-state index >= 15 is 0 Å². The van der Waals surface area contributed by atoms with E-state index in [9.17, 15) is 0 Å². The molecule has 1 heterocycles. The van der Waals surface area contributed by atoms with Gasteiger partial charge in [0.2, 0.25) is 0 Å². The van der Waals surface area contributed by atoms with E-state index in [1.165, 1.54) is 27.8 Å². The van der Waals surface area contributed by atoms with Crippen molar-refractivity contribution in [2.24, 2.45) is 0 Å². The number of methoxy groups -OCH3 is 2. The van der Waals surface area contributed by atoms with Gasteiger partial charge in [-0.25, -0.2) is 0 Å². The lowest BCUT2D eigenvalue weighted by atomic mass is 9.87. The highest BCUT2D eigenvalue weighted by molar-refractivity contribution is 6.30. The van der Waals surface area contributed by atoms with Gasteiger partial charge in [0.05, 0.1) is 20.3 Å². The van der Waals surface area contributed by atoms with E-state index in [2.05, 4.69) is 60.4 Å². The zero-order valence-electron chi connectivity index (χ0n) is 17.8. The number of ether oxygens (including phenoxy) is 2. The Bertz CT molecular complexity index is 1020. The summed E-state index contributed by atoms with van der Waals surface area (Å²) in [5, 5.41) is 0.757. The van der Waals surface area contributed by atoms with Crippen molar-refractivity contribution >= 4 is 11.6 Å². The molecule has 0 unspecified atom stereocenters. The summed E-state index contributed by atoms with van der Waals surface area (Å²) in [5.74, 6) is 1.54. The fourth-order valence-corrected chi connectivity index (χ4v) is 4.55. The second kappa shape index (κ2) is 9.11. The van der Waals surface area contributed by atoms with Crippen LogP contribution in [0.3, 0.4) is 0 Å². The summed E-state index contributed by atoms with van der Waals surface area (Å²) in [6.07, 6.45) is 2.03. The quantitative estimate of drug-likeness (QED) is 0.482. The van der Waals surface area contributed by atoms with Crippen molar-refractivity contribution < 1.29 is 9.47 Å². The minimum Gasteiger partial charge on any atom is -0.493 e. The van der Waals surface area contributed by atoms with Crippen molar-refractivity contribution in [3.8, 4) is 11.5 Å². The van der Waals surface area contributed by atoms with Crippen LogP contribution in [0.1, 0.15) is 40.8 Å². The molecule has 0 radical (unpaired) electrons. The fraction of sp³-hybridized carbons (Fsp3) is 0.308. The molecule has 156 valence electrons. The molecule has 0 N–H and O–H groups in total. The van der Waals surface area contributed by atoms with Gasteiger partial charge in [-0.2, -0.15) is 0 Å². The molecule has 30 heavy (non-hydrogen) atoms. The van der Waals surface area contributed by atoms with Crippen molar-refractivity contribution in [1.82, 2.24) is 4.90 Å². The standard InChI is InChI=1S/C26H28ClNO2/c1-4-18-8-10-19(11-9-18)17-28-13-12-20-15-24(29-2)25(30-3)16-23(20)26(28)21-6-5-7-22(27)14-21/h5-11,14-16,26H,4,12-13,17H2,1-3H3/t26-/m0/s1. The Morgan fingerprint density at radius 2 is 1.63 bits per heavy atom. The molecule has 3 aromatic carbocycles. The smallest absolute Gasteiger partial charge is 0.161 e. The number of nitrogens with zero attached hydrogens (tertiary/aromatic N) is 1. The minimum atomic E-state index is 0.109. The molecule has 1 atom stereocenters. The van der Waals surface area contributed by atoms with Crippen molar-refractivity contribution in [3.05, 3.63) is 93.5 Å².